The van der Waals surface area contributed by atoms with Gasteiger partial charge in [-0.25, -0.2) is 18.4 Å². The highest BCUT2D eigenvalue weighted by Crippen LogP contribution is 2.37. The van der Waals surface area contributed by atoms with Crippen molar-refractivity contribution in [3.8, 4) is 11.3 Å². The van der Waals surface area contributed by atoms with E-state index >= 15 is 0 Å². The largest absolute Gasteiger partial charge is 0.419 e. The molecule has 0 spiro atoms. The minimum Gasteiger partial charge on any atom is -0.351 e. The van der Waals surface area contributed by atoms with Gasteiger partial charge in [-0.15, -0.1) is 0 Å². The average Bonchev–Trinajstić information content (AvgIpc) is 3.75. The van der Waals surface area contributed by atoms with Crippen molar-refractivity contribution in [1.29, 1.82) is 0 Å². The standard InChI is InChI=1S/C36H39F6N9O2S/c1-48-32-18-26(5-6-27(32)19-44-48)25-8-13-49(14-9-25)12-7-24-3-2-4-30(17-24)54(52,53)51-15-10-29(11-16-51)46-34-43-21-31(36(40,41)42)33(47-34)28-20-45-50(22-28)23-35(37,38)39/h2-6,17-22,25,29H,7-16,23H2,1H3,(H,43,46,47). The quantitative estimate of drug-likeness (QED) is 0.160. The van der Waals surface area contributed by atoms with Gasteiger partial charge >= 0.3 is 12.4 Å². The topological polar surface area (TPSA) is 114 Å². The maximum absolute atomic E-state index is 13.8. The molecule has 0 unspecified atom stereocenters. The predicted molar refractivity (Wildman–Crippen MR) is 189 cm³/mol. The lowest BCUT2D eigenvalue weighted by molar-refractivity contribution is -0.142. The number of hydrogen-bond donors (Lipinski definition) is 1. The second kappa shape index (κ2) is 14.9. The van der Waals surface area contributed by atoms with E-state index in [1.807, 2.05) is 24.0 Å². The van der Waals surface area contributed by atoms with E-state index in [2.05, 4.69) is 48.6 Å². The van der Waals surface area contributed by atoms with Crippen molar-refractivity contribution in [3.05, 3.63) is 83.9 Å². The van der Waals surface area contributed by atoms with Crippen LogP contribution in [-0.4, -0.2) is 92.1 Å². The van der Waals surface area contributed by atoms with E-state index in [1.165, 1.54) is 9.87 Å². The molecule has 0 atom stereocenters. The van der Waals surface area contributed by atoms with E-state index in [-0.39, 0.29) is 35.5 Å². The van der Waals surface area contributed by atoms with Gasteiger partial charge in [0.05, 0.1) is 28.5 Å². The number of anilines is 1. The Kier molecular flexibility index (Phi) is 10.4. The molecule has 2 aliphatic rings. The second-order valence-corrected chi connectivity index (χ2v) is 15.9. The SMILES string of the molecule is Cn1ncc2ccc(C3CCN(CCc4cccc(S(=O)(=O)N5CCC(Nc6ncc(C(F)(F)F)c(-c7cnn(CC(F)(F)F)c7)n6)CC5)c4)CC3)cc21. The molecule has 2 aliphatic heterocycles. The zero-order valence-electron chi connectivity index (χ0n) is 29.4. The van der Waals surface area contributed by atoms with Gasteiger partial charge in [0.15, 0.2) is 0 Å². The Bertz CT molecular complexity index is 2200. The number of sulfonamides is 1. The van der Waals surface area contributed by atoms with Gasteiger partial charge < -0.3 is 10.2 Å². The van der Waals surface area contributed by atoms with Gasteiger partial charge in [-0.05, 0) is 80.4 Å². The van der Waals surface area contributed by atoms with Gasteiger partial charge in [-0.2, -0.15) is 40.8 Å². The predicted octanol–water partition coefficient (Wildman–Crippen LogP) is 6.50. The van der Waals surface area contributed by atoms with Gasteiger partial charge in [0, 0.05) is 56.1 Å². The zero-order chi connectivity index (χ0) is 38.3. The Balaban J connectivity index is 0.931. The van der Waals surface area contributed by atoms with Crippen LogP contribution in [0.2, 0.25) is 0 Å². The number of nitrogens with zero attached hydrogens (tertiary/aromatic N) is 8. The summed E-state index contributed by atoms with van der Waals surface area (Å²) in [6.07, 6.45) is -1.84. The Labute approximate surface area is 308 Å². The van der Waals surface area contributed by atoms with Crippen molar-refractivity contribution in [3.63, 3.8) is 0 Å². The molecule has 2 fully saturated rings. The molecule has 54 heavy (non-hydrogen) atoms. The number of halogens is 6. The molecule has 0 amide bonds. The first kappa shape index (κ1) is 37.8. The highest BCUT2D eigenvalue weighted by atomic mass is 32.2. The van der Waals surface area contributed by atoms with E-state index in [0.717, 1.165) is 61.3 Å². The van der Waals surface area contributed by atoms with Crippen LogP contribution in [0, 0.1) is 0 Å². The van der Waals surface area contributed by atoms with Crippen LogP contribution in [0.4, 0.5) is 32.3 Å². The first-order valence-electron chi connectivity index (χ1n) is 17.7. The summed E-state index contributed by atoms with van der Waals surface area (Å²) in [6.45, 7) is 1.58. The number of aromatic nitrogens is 6. The molecular weight excluding hydrogens is 737 g/mol. The summed E-state index contributed by atoms with van der Waals surface area (Å²) in [7, 11) is -1.86. The summed E-state index contributed by atoms with van der Waals surface area (Å²) in [5.41, 5.74) is 1.31. The van der Waals surface area contributed by atoms with Crippen LogP contribution in [0.15, 0.2) is 72.1 Å². The number of piperidine rings is 2. The fourth-order valence-electron chi connectivity index (χ4n) is 7.26. The molecule has 11 nitrogen and oxygen atoms in total. The van der Waals surface area contributed by atoms with Crippen molar-refractivity contribution in [2.45, 2.75) is 67.9 Å². The monoisotopic (exact) mass is 775 g/mol. The first-order valence-corrected chi connectivity index (χ1v) is 19.1. The molecule has 0 aliphatic carbocycles. The molecule has 2 aromatic carbocycles. The number of benzene rings is 2. The van der Waals surface area contributed by atoms with E-state index < -0.39 is 40.2 Å². The first-order chi connectivity index (χ1) is 25.6. The van der Waals surface area contributed by atoms with Crippen LogP contribution >= 0.6 is 0 Å². The molecule has 1 N–H and O–H groups in total. The van der Waals surface area contributed by atoms with Crippen molar-refractivity contribution >= 4 is 26.9 Å². The summed E-state index contributed by atoms with van der Waals surface area (Å²) < 4.78 is 111. The summed E-state index contributed by atoms with van der Waals surface area (Å²) in [5, 5.41) is 12.0. The van der Waals surface area contributed by atoms with Crippen LogP contribution in [-0.2, 0) is 36.2 Å². The minimum atomic E-state index is -4.87. The molecule has 2 saturated heterocycles. The fraction of sp³-hybridized carbons (Fsp3) is 0.444. The summed E-state index contributed by atoms with van der Waals surface area (Å²) in [4.78, 5) is 10.4. The Hall–Kier alpha value is -4.55. The summed E-state index contributed by atoms with van der Waals surface area (Å²) in [5.74, 6) is 0.324. The van der Waals surface area contributed by atoms with Crippen molar-refractivity contribution in [2.75, 3.05) is 38.0 Å². The number of likely N-dealkylation sites (tertiary alicyclic amines) is 1. The molecular formula is C36H39F6N9O2S. The lowest BCUT2D eigenvalue weighted by Gasteiger charge is -2.32. The summed E-state index contributed by atoms with van der Waals surface area (Å²) in [6, 6.07) is 13.2. The van der Waals surface area contributed by atoms with Crippen LogP contribution < -0.4 is 5.32 Å². The summed E-state index contributed by atoms with van der Waals surface area (Å²) >= 11 is 0. The van der Waals surface area contributed by atoms with E-state index in [4.69, 9.17) is 0 Å². The van der Waals surface area contributed by atoms with Crippen LogP contribution in [0.25, 0.3) is 22.2 Å². The average molecular weight is 776 g/mol. The fourth-order valence-corrected chi connectivity index (χ4v) is 8.80. The number of aryl methyl sites for hydroxylation is 1. The lowest BCUT2D eigenvalue weighted by atomic mass is 9.89. The number of nitrogens with one attached hydrogen (secondary N) is 1. The molecule has 5 aromatic rings. The Morgan fingerprint density at radius 2 is 1.65 bits per heavy atom. The third-order valence-electron chi connectivity index (χ3n) is 10.2. The molecule has 0 bridgehead atoms. The van der Waals surface area contributed by atoms with Gasteiger partial charge in [0.25, 0.3) is 0 Å². The van der Waals surface area contributed by atoms with Crippen molar-refractivity contribution < 1.29 is 34.8 Å². The van der Waals surface area contributed by atoms with Gasteiger partial charge in [0.2, 0.25) is 16.0 Å². The van der Waals surface area contributed by atoms with Crippen LogP contribution in [0.1, 0.15) is 48.3 Å². The molecule has 18 heteroatoms. The van der Waals surface area contributed by atoms with Crippen LogP contribution in [0.5, 0.6) is 0 Å². The molecule has 288 valence electrons. The molecule has 5 heterocycles. The molecule has 0 saturated carbocycles. The Morgan fingerprint density at radius 1 is 0.889 bits per heavy atom. The van der Waals surface area contributed by atoms with Gasteiger partial charge in [-0.3, -0.25) is 9.36 Å². The van der Waals surface area contributed by atoms with Gasteiger partial charge in [0.1, 0.15) is 12.1 Å². The number of rotatable bonds is 10. The third kappa shape index (κ3) is 8.55. The minimum absolute atomic E-state index is 0.157. The van der Waals surface area contributed by atoms with Gasteiger partial charge in [-0.1, -0.05) is 24.3 Å². The highest BCUT2D eigenvalue weighted by Gasteiger charge is 2.37. The maximum atomic E-state index is 13.8. The highest BCUT2D eigenvalue weighted by molar-refractivity contribution is 7.89. The second-order valence-electron chi connectivity index (χ2n) is 13.9. The normalized spacial score (nSPS) is 17.4. The molecule has 0 radical (unpaired) electrons. The van der Waals surface area contributed by atoms with Crippen molar-refractivity contribution in [2.24, 2.45) is 7.05 Å². The smallest absolute Gasteiger partial charge is 0.351 e. The number of hydrogen-bond acceptors (Lipinski definition) is 8. The third-order valence-corrected chi connectivity index (χ3v) is 12.1. The lowest BCUT2D eigenvalue weighted by Crippen LogP contribution is -2.42. The molecule has 7 rings (SSSR count). The Morgan fingerprint density at radius 3 is 2.37 bits per heavy atom. The molecule has 3 aromatic heterocycles. The zero-order valence-corrected chi connectivity index (χ0v) is 30.2. The van der Waals surface area contributed by atoms with E-state index in [1.54, 1.807) is 18.2 Å². The maximum Gasteiger partial charge on any atom is 0.419 e. The number of fused-ring (bicyclic) bond motifs is 1. The van der Waals surface area contributed by atoms with Crippen LogP contribution in [0.3, 0.4) is 0 Å². The number of alkyl halides is 6. The van der Waals surface area contributed by atoms with E-state index in [0.29, 0.717) is 36.1 Å². The van der Waals surface area contributed by atoms with Crippen molar-refractivity contribution in [1.82, 2.24) is 38.7 Å². The van der Waals surface area contributed by atoms with E-state index in [9.17, 15) is 34.8 Å².